The largest absolute Gasteiger partial charge is 0.417 e. The van der Waals surface area contributed by atoms with Gasteiger partial charge < -0.3 is 5.32 Å². The number of amides is 1. The van der Waals surface area contributed by atoms with Crippen LogP contribution in [0.1, 0.15) is 11.1 Å². The lowest BCUT2D eigenvalue weighted by molar-refractivity contribution is -0.139. The Morgan fingerprint density at radius 3 is 2.38 bits per heavy atom. The highest BCUT2D eigenvalue weighted by molar-refractivity contribution is 7.93. The highest BCUT2D eigenvalue weighted by Crippen LogP contribution is 2.40. The van der Waals surface area contributed by atoms with Gasteiger partial charge in [0.05, 0.1) is 16.1 Å². The Kier molecular flexibility index (Phi) is 4.43. The van der Waals surface area contributed by atoms with Crippen LogP contribution in [-0.4, -0.2) is 27.4 Å². The summed E-state index contributed by atoms with van der Waals surface area (Å²) in [5.41, 5.74) is -0.479. The number of alkyl halides is 3. The highest BCUT2D eigenvalue weighted by atomic mass is 32.2. The molecule has 0 fully saturated rings. The molecule has 0 aliphatic carbocycles. The van der Waals surface area contributed by atoms with E-state index in [1.54, 1.807) is 18.2 Å². The van der Waals surface area contributed by atoms with Gasteiger partial charge in [-0.2, -0.15) is 13.2 Å². The Morgan fingerprint density at radius 2 is 1.73 bits per heavy atom. The van der Waals surface area contributed by atoms with Crippen molar-refractivity contribution in [2.75, 3.05) is 11.4 Å². The molecule has 1 amide bonds. The average molecular weight is 384 g/mol. The first-order valence-electron chi connectivity index (χ1n) is 7.68. The molecule has 0 bridgehead atoms. The lowest BCUT2D eigenvalue weighted by Crippen LogP contribution is -2.47. The van der Waals surface area contributed by atoms with Crippen molar-refractivity contribution in [1.29, 1.82) is 0 Å². The SMILES string of the molecule is CNC(=O)C1Cc2ccccc2N1S(=O)(=O)c1ccccc1C(F)(F)F. The minimum absolute atomic E-state index is 0.0866. The molecule has 138 valence electrons. The van der Waals surface area contributed by atoms with Crippen LogP contribution in [0.5, 0.6) is 0 Å². The van der Waals surface area contributed by atoms with Crippen LogP contribution >= 0.6 is 0 Å². The lowest BCUT2D eigenvalue weighted by Gasteiger charge is -2.27. The molecule has 0 aromatic heterocycles. The molecule has 1 atom stereocenters. The summed E-state index contributed by atoms with van der Waals surface area (Å²) in [6.45, 7) is 0. The number of hydrogen-bond donors (Lipinski definition) is 1. The first-order valence-corrected chi connectivity index (χ1v) is 9.12. The van der Waals surface area contributed by atoms with E-state index in [1.165, 1.54) is 19.2 Å². The van der Waals surface area contributed by atoms with Gasteiger partial charge >= 0.3 is 6.18 Å². The number of likely N-dealkylation sites (N-methyl/N-ethyl adjacent to an activating group) is 1. The summed E-state index contributed by atoms with van der Waals surface area (Å²) >= 11 is 0. The number of carbonyl (C=O) groups excluding carboxylic acids is 1. The van der Waals surface area contributed by atoms with Crippen molar-refractivity contribution in [2.24, 2.45) is 0 Å². The number of fused-ring (bicyclic) bond motifs is 1. The van der Waals surface area contributed by atoms with Gasteiger partial charge in [0.1, 0.15) is 6.04 Å². The average Bonchev–Trinajstić information content (AvgIpc) is 3.00. The molecule has 2 aromatic rings. The second-order valence-corrected chi connectivity index (χ2v) is 7.54. The van der Waals surface area contributed by atoms with E-state index in [4.69, 9.17) is 0 Å². The van der Waals surface area contributed by atoms with Crippen LogP contribution in [0, 0.1) is 0 Å². The fourth-order valence-electron chi connectivity index (χ4n) is 3.05. The van der Waals surface area contributed by atoms with Crippen LogP contribution in [0.3, 0.4) is 0 Å². The number of nitrogens with zero attached hydrogens (tertiary/aromatic N) is 1. The molecule has 0 saturated carbocycles. The van der Waals surface area contributed by atoms with Crippen LogP contribution in [0.2, 0.25) is 0 Å². The van der Waals surface area contributed by atoms with E-state index in [0.29, 0.717) is 11.6 Å². The van der Waals surface area contributed by atoms with Gasteiger partial charge in [0.15, 0.2) is 0 Å². The maximum atomic E-state index is 13.3. The van der Waals surface area contributed by atoms with Gasteiger partial charge in [-0.25, -0.2) is 8.42 Å². The van der Waals surface area contributed by atoms with Crippen LogP contribution in [0.25, 0.3) is 0 Å². The fraction of sp³-hybridized carbons (Fsp3) is 0.235. The summed E-state index contributed by atoms with van der Waals surface area (Å²) in [6.07, 6.45) is -4.76. The molecule has 1 unspecified atom stereocenters. The smallest absolute Gasteiger partial charge is 0.357 e. The normalized spacial score (nSPS) is 17.1. The number of halogens is 3. The van der Waals surface area contributed by atoms with Crippen molar-refractivity contribution in [2.45, 2.75) is 23.5 Å². The molecule has 26 heavy (non-hydrogen) atoms. The Bertz CT molecular complexity index is 958. The number of nitrogens with one attached hydrogen (secondary N) is 1. The zero-order valence-corrected chi connectivity index (χ0v) is 14.4. The molecule has 1 heterocycles. The molecule has 2 aromatic carbocycles. The number of para-hydroxylation sites is 1. The maximum absolute atomic E-state index is 13.3. The molecule has 9 heteroatoms. The van der Waals surface area contributed by atoms with Crippen LogP contribution in [0.4, 0.5) is 18.9 Å². The van der Waals surface area contributed by atoms with E-state index in [2.05, 4.69) is 5.32 Å². The molecule has 1 aliphatic rings. The predicted octanol–water partition coefficient (Wildman–Crippen LogP) is 2.57. The summed E-state index contributed by atoms with van der Waals surface area (Å²) in [5.74, 6) is -0.589. The Labute approximate surface area is 148 Å². The van der Waals surface area contributed by atoms with Crippen molar-refractivity contribution in [1.82, 2.24) is 5.32 Å². The molecule has 3 rings (SSSR count). The summed E-state index contributed by atoms with van der Waals surface area (Å²) in [4.78, 5) is 11.3. The molecule has 5 nitrogen and oxygen atoms in total. The van der Waals surface area contributed by atoms with Crippen molar-refractivity contribution in [3.63, 3.8) is 0 Å². The second kappa shape index (κ2) is 6.31. The topological polar surface area (TPSA) is 66.5 Å². The number of anilines is 1. The van der Waals surface area contributed by atoms with E-state index in [1.807, 2.05) is 0 Å². The van der Waals surface area contributed by atoms with E-state index < -0.39 is 38.6 Å². The van der Waals surface area contributed by atoms with E-state index in [0.717, 1.165) is 16.4 Å². The molecule has 1 N–H and O–H groups in total. The van der Waals surface area contributed by atoms with E-state index in [-0.39, 0.29) is 12.1 Å². The number of carbonyl (C=O) groups is 1. The van der Waals surface area contributed by atoms with Crippen molar-refractivity contribution in [3.8, 4) is 0 Å². The number of benzene rings is 2. The van der Waals surface area contributed by atoms with Crippen molar-refractivity contribution in [3.05, 3.63) is 59.7 Å². The molecule has 0 spiro atoms. The summed E-state index contributed by atoms with van der Waals surface area (Å²) < 4.78 is 67.0. The van der Waals surface area contributed by atoms with Gasteiger partial charge in [0.25, 0.3) is 10.0 Å². The minimum atomic E-state index is -4.84. The van der Waals surface area contributed by atoms with Crippen LogP contribution < -0.4 is 9.62 Å². The second-order valence-electron chi connectivity index (χ2n) is 5.76. The van der Waals surface area contributed by atoms with Crippen molar-refractivity contribution < 1.29 is 26.4 Å². The fourth-order valence-corrected chi connectivity index (χ4v) is 4.92. The molecular weight excluding hydrogens is 369 g/mol. The van der Waals surface area contributed by atoms with Crippen molar-refractivity contribution >= 4 is 21.6 Å². The van der Waals surface area contributed by atoms with Gasteiger partial charge in [-0.1, -0.05) is 30.3 Å². The Morgan fingerprint density at radius 1 is 1.12 bits per heavy atom. The standard InChI is InChI=1S/C17H15F3N2O3S/c1-21-16(23)14-10-11-6-2-4-8-13(11)22(14)26(24,25)15-9-5-3-7-12(15)17(18,19)20/h2-9,14H,10H2,1H3,(H,21,23). The monoisotopic (exact) mass is 384 g/mol. The highest BCUT2D eigenvalue weighted by Gasteiger charge is 2.45. The van der Waals surface area contributed by atoms with Gasteiger partial charge in [0.2, 0.25) is 5.91 Å². The van der Waals surface area contributed by atoms with Gasteiger partial charge in [-0.05, 0) is 23.8 Å². The Hall–Kier alpha value is -2.55. The lowest BCUT2D eigenvalue weighted by atomic mass is 10.1. The quantitative estimate of drug-likeness (QED) is 0.885. The van der Waals surface area contributed by atoms with Crippen LogP contribution in [0.15, 0.2) is 53.4 Å². The zero-order chi connectivity index (χ0) is 19.1. The molecule has 0 saturated heterocycles. The van der Waals surface area contributed by atoms with Gasteiger partial charge in [-0.3, -0.25) is 9.10 Å². The number of sulfonamides is 1. The summed E-state index contributed by atoms with van der Waals surface area (Å²) in [7, 11) is -3.27. The number of hydrogen-bond acceptors (Lipinski definition) is 3. The summed E-state index contributed by atoms with van der Waals surface area (Å²) in [6, 6.07) is 9.19. The first kappa shape index (κ1) is 18.2. The third-order valence-electron chi connectivity index (χ3n) is 4.20. The molecule has 1 aliphatic heterocycles. The van der Waals surface area contributed by atoms with E-state index in [9.17, 15) is 26.4 Å². The van der Waals surface area contributed by atoms with E-state index >= 15 is 0 Å². The zero-order valence-electron chi connectivity index (χ0n) is 13.6. The third-order valence-corrected chi connectivity index (χ3v) is 6.08. The maximum Gasteiger partial charge on any atom is 0.417 e. The summed E-state index contributed by atoms with van der Waals surface area (Å²) in [5, 5.41) is 2.37. The Balaban J connectivity index is 2.21. The van der Waals surface area contributed by atoms with Crippen LogP contribution in [-0.2, 0) is 27.4 Å². The predicted molar refractivity (Wildman–Crippen MR) is 89.1 cm³/mol. The third kappa shape index (κ3) is 2.92. The molecule has 0 radical (unpaired) electrons. The van der Waals surface area contributed by atoms with Gasteiger partial charge in [-0.15, -0.1) is 0 Å². The molecular formula is C17H15F3N2O3S. The first-order chi connectivity index (χ1) is 12.2. The van der Waals surface area contributed by atoms with Gasteiger partial charge in [0, 0.05) is 13.5 Å². The number of rotatable bonds is 3. The minimum Gasteiger partial charge on any atom is -0.357 e.